The zero-order valence-corrected chi connectivity index (χ0v) is 16.9. The Bertz CT molecular complexity index is 725. The molecule has 1 aliphatic rings. The van der Waals surface area contributed by atoms with Crippen molar-refractivity contribution in [3.8, 4) is 17.2 Å². The number of hydrogen-bond donors (Lipinski definition) is 3. The maximum absolute atomic E-state index is 12.4. The molecular weight excluding hydrogens is 380 g/mol. The lowest BCUT2D eigenvalue weighted by atomic mass is 9.79. The lowest BCUT2D eigenvalue weighted by molar-refractivity contribution is -0.145. The maximum atomic E-state index is 12.4. The Hall–Kier alpha value is -2.97. The van der Waals surface area contributed by atoms with Gasteiger partial charge in [-0.1, -0.05) is 12.8 Å². The second kappa shape index (κ2) is 10.5. The van der Waals surface area contributed by atoms with E-state index in [-0.39, 0.29) is 30.5 Å². The van der Waals surface area contributed by atoms with Gasteiger partial charge in [0.15, 0.2) is 11.5 Å². The summed E-state index contributed by atoms with van der Waals surface area (Å²) in [5.41, 5.74) is 0.255. The lowest BCUT2D eigenvalue weighted by Crippen LogP contribution is -2.41. The van der Waals surface area contributed by atoms with Gasteiger partial charge in [-0.15, -0.1) is 0 Å². The van der Waals surface area contributed by atoms with Crippen molar-refractivity contribution in [1.82, 2.24) is 10.6 Å². The standard InChI is InChI=1S/C20H28N2O7/c1-27-15-8-13(9-16(28-2)18(15)29-3)19(24)22-11-17(23)21-10-12-6-4-5-7-14(12)20(25)26/h8-9,12,14H,4-7,10-11H2,1-3H3,(H,21,23)(H,22,24)(H,25,26)/t12-,14-/m0/s1. The van der Waals surface area contributed by atoms with Crippen molar-refractivity contribution in [2.75, 3.05) is 34.4 Å². The van der Waals surface area contributed by atoms with Gasteiger partial charge >= 0.3 is 5.97 Å². The third-order valence-electron chi connectivity index (χ3n) is 5.12. The van der Waals surface area contributed by atoms with Crippen molar-refractivity contribution in [2.24, 2.45) is 11.8 Å². The zero-order chi connectivity index (χ0) is 21.4. The van der Waals surface area contributed by atoms with Crippen LogP contribution in [-0.4, -0.2) is 57.3 Å². The minimum atomic E-state index is -0.820. The Morgan fingerprint density at radius 1 is 1.00 bits per heavy atom. The molecule has 1 fully saturated rings. The van der Waals surface area contributed by atoms with Crippen molar-refractivity contribution in [3.63, 3.8) is 0 Å². The Kier molecular flexibility index (Phi) is 8.11. The van der Waals surface area contributed by atoms with Crippen molar-refractivity contribution in [1.29, 1.82) is 0 Å². The van der Waals surface area contributed by atoms with E-state index >= 15 is 0 Å². The molecule has 1 aromatic carbocycles. The molecule has 2 rings (SSSR count). The molecule has 0 radical (unpaired) electrons. The summed E-state index contributed by atoms with van der Waals surface area (Å²) in [4.78, 5) is 35.8. The Balaban J connectivity index is 1.91. The molecule has 1 aliphatic carbocycles. The van der Waals surface area contributed by atoms with Crippen LogP contribution < -0.4 is 24.8 Å². The zero-order valence-electron chi connectivity index (χ0n) is 16.9. The first-order valence-electron chi connectivity index (χ1n) is 9.49. The summed E-state index contributed by atoms with van der Waals surface area (Å²) < 4.78 is 15.7. The topological polar surface area (TPSA) is 123 Å². The number of rotatable bonds is 9. The van der Waals surface area contributed by atoms with Crippen LogP contribution in [0.25, 0.3) is 0 Å². The minimum absolute atomic E-state index is 0.0870. The van der Waals surface area contributed by atoms with Gasteiger partial charge in [-0.25, -0.2) is 0 Å². The van der Waals surface area contributed by atoms with Crippen molar-refractivity contribution < 1.29 is 33.7 Å². The van der Waals surface area contributed by atoms with E-state index in [1.807, 2.05) is 0 Å². The number of methoxy groups -OCH3 is 3. The van der Waals surface area contributed by atoms with E-state index in [1.54, 1.807) is 0 Å². The van der Waals surface area contributed by atoms with Gasteiger partial charge in [0.25, 0.3) is 5.91 Å². The molecule has 1 aromatic rings. The SMILES string of the molecule is COc1cc(C(=O)NCC(=O)NC[C@@H]2CCCC[C@@H]2C(=O)O)cc(OC)c1OC. The summed E-state index contributed by atoms with van der Waals surface area (Å²) in [6.45, 7) is 0.0653. The van der Waals surface area contributed by atoms with Crippen LogP contribution in [0.15, 0.2) is 12.1 Å². The molecular formula is C20H28N2O7. The average molecular weight is 408 g/mol. The second-order valence-corrected chi connectivity index (χ2v) is 6.89. The highest BCUT2D eigenvalue weighted by molar-refractivity contribution is 5.97. The van der Waals surface area contributed by atoms with Crippen LogP contribution in [-0.2, 0) is 9.59 Å². The fourth-order valence-corrected chi connectivity index (χ4v) is 3.56. The average Bonchev–Trinajstić information content (AvgIpc) is 2.74. The van der Waals surface area contributed by atoms with Crippen molar-refractivity contribution in [3.05, 3.63) is 17.7 Å². The normalized spacial score (nSPS) is 18.4. The lowest BCUT2D eigenvalue weighted by Gasteiger charge is -2.28. The van der Waals surface area contributed by atoms with Crippen LogP contribution in [0.3, 0.4) is 0 Å². The summed E-state index contributed by atoms with van der Waals surface area (Å²) in [5, 5.41) is 14.6. The van der Waals surface area contributed by atoms with Crippen LogP contribution >= 0.6 is 0 Å². The van der Waals surface area contributed by atoms with E-state index in [9.17, 15) is 19.5 Å². The summed E-state index contributed by atoms with van der Waals surface area (Å²) in [5.74, 6) is -1.16. The highest BCUT2D eigenvalue weighted by Gasteiger charge is 2.30. The second-order valence-electron chi connectivity index (χ2n) is 6.89. The summed E-state index contributed by atoms with van der Waals surface area (Å²) >= 11 is 0. The van der Waals surface area contributed by atoms with Gasteiger partial charge < -0.3 is 30.0 Å². The fraction of sp³-hybridized carbons (Fsp3) is 0.550. The van der Waals surface area contributed by atoms with Gasteiger partial charge in [0, 0.05) is 12.1 Å². The molecule has 0 unspecified atom stereocenters. The summed E-state index contributed by atoms with van der Waals surface area (Å²) in [6, 6.07) is 2.99. The van der Waals surface area contributed by atoms with Crippen LogP contribution in [0.5, 0.6) is 17.2 Å². The largest absolute Gasteiger partial charge is 0.493 e. The molecule has 0 aromatic heterocycles. The van der Waals surface area contributed by atoms with Crippen molar-refractivity contribution in [2.45, 2.75) is 25.7 Å². The molecule has 0 heterocycles. The molecule has 9 heteroatoms. The van der Waals surface area contributed by atoms with Gasteiger partial charge in [-0.3, -0.25) is 14.4 Å². The molecule has 9 nitrogen and oxygen atoms in total. The molecule has 0 aliphatic heterocycles. The molecule has 0 spiro atoms. The number of carboxylic acids is 1. The highest BCUT2D eigenvalue weighted by atomic mass is 16.5. The molecule has 160 valence electrons. The third kappa shape index (κ3) is 5.75. The monoisotopic (exact) mass is 408 g/mol. The molecule has 2 atom stereocenters. The molecule has 2 amide bonds. The van der Waals surface area contributed by atoms with Gasteiger partial charge in [0.2, 0.25) is 11.7 Å². The number of amides is 2. The van der Waals surface area contributed by atoms with Crippen molar-refractivity contribution >= 4 is 17.8 Å². The molecule has 1 saturated carbocycles. The van der Waals surface area contributed by atoms with Crippen LogP contribution in [0, 0.1) is 11.8 Å². The van der Waals surface area contributed by atoms with Gasteiger partial charge in [-0.2, -0.15) is 0 Å². The molecule has 0 bridgehead atoms. The molecule has 29 heavy (non-hydrogen) atoms. The number of carbonyl (C=O) groups excluding carboxylic acids is 2. The van der Waals surface area contributed by atoms with Crippen LogP contribution in [0.1, 0.15) is 36.0 Å². The van der Waals surface area contributed by atoms with E-state index < -0.39 is 17.8 Å². The first kappa shape index (κ1) is 22.3. The summed E-state index contributed by atoms with van der Waals surface area (Å²) in [7, 11) is 4.36. The van der Waals surface area contributed by atoms with Gasteiger partial charge in [0.05, 0.1) is 33.8 Å². The van der Waals surface area contributed by atoms with Crippen LogP contribution in [0.4, 0.5) is 0 Å². The molecule has 0 saturated heterocycles. The number of ether oxygens (including phenoxy) is 3. The number of hydrogen-bond acceptors (Lipinski definition) is 6. The first-order chi connectivity index (χ1) is 13.9. The predicted octanol–water partition coefficient (Wildman–Crippen LogP) is 1.45. The molecule has 3 N–H and O–H groups in total. The fourth-order valence-electron chi connectivity index (χ4n) is 3.56. The quantitative estimate of drug-likeness (QED) is 0.565. The minimum Gasteiger partial charge on any atom is -0.493 e. The predicted molar refractivity (Wildman–Crippen MR) is 105 cm³/mol. The van der Waals surface area contributed by atoms with Crippen LogP contribution in [0.2, 0.25) is 0 Å². The maximum Gasteiger partial charge on any atom is 0.306 e. The van der Waals surface area contributed by atoms with E-state index in [1.165, 1.54) is 33.5 Å². The summed E-state index contributed by atoms with van der Waals surface area (Å²) in [6.07, 6.45) is 3.26. The van der Waals surface area contributed by atoms with E-state index in [0.717, 1.165) is 19.3 Å². The third-order valence-corrected chi connectivity index (χ3v) is 5.12. The number of carbonyl (C=O) groups is 3. The Morgan fingerprint density at radius 3 is 2.17 bits per heavy atom. The number of aliphatic carboxylic acids is 1. The number of nitrogens with one attached hydrogen (secondary N) is 2. The number of carboxylic acid groups (broad SMARTS) is 1. The van der Waals surface area contributed by atoms with E-state index in [4.69, 9.17) is 14.2 Å². The Morgan fingerprint density at radius 2 is 1.62 bits per heavy atom. The van der Waals surface area contributed by atoms with Gasteiger partial charge in [-0.05, 0) is 30.9 Å². The first-order valence-corrected chi connectivity index (χ1v) is 9.49. The van der Waals surface area contributed by atoms with E-state index in [0.29, 0.717) is 23.7 Å². The Labute approximate surface area is 169 Å². The number of benzene rings is 1. The highest BCUT2D eigenvalue weighted by Crippen LogP contribution is 2.38. The van der Waals surface area contributed by atoms with Gasteiger partial charge in [0.1, 0.15) is 0 Å². The van der Waals surface area contributed by atoms with E-state index in [2.05, 4.69) is 10.6 Å². The smallest absolute Gasteiger partial charge is 0.306 e.